The van der Waals surface area contributed by atoms with Gasteiger partial charge in [-0.3, -0.25) is 4.90 Å². The Hall–Kier alpha value is -0.660. The van der Waals surface area contributed by atoms with Crippen LogP contribution in [0.25, 0.3) is 0 Å². The summed E-state index contributed by atoms with van der Waals surface area (Å²) in [5.41, 5.74) is 1.88. The summed E-state index contributed by atoms with van der Waals surface area (Å²) in [6, 6.07) is 4.52. The van der Waals surface area contributed by atoms with E-state index in [9.17, 15) is 13.2 Å². The topological polar surface area (TPSA) is 24.5 Å². The van der Waals surface area contributed by atoms with Crippen molar-refractivity contribution in [1.82, 2.24) is 10.2 Å². The Morgan fingerprint density at radius 2 is 1.92 bits per heavy atom. The molecule has 0 unspecified atom stereocenters. The summed E-state index contributed by atoms with van der Waals surface area (Å²) in [5.74, 6) is -0.377. The number of nitrogens with one attached hydrogen (secondary N) is 1. The Balaban J connectivity index is 0.00000288. The Kier molecular flexibility index (Phi) is 10.2. The summed E-state index contributed by atoms with van der Waals surface area (Å²) in [6.07, 6.45) is -4.02. The van der Waals surface area contributed by atoms with Crippen LogP contribution >= 0.6 is 36.4 Å². The van der Waals surface area contributed by atoms with Crippen molar-refractivity contribution < 1.29 is 17.9 Å². The maximum Gasteiger partial charge on any atom is 0.573 e. The molecule has 144 valence electrons. The number of benzene rings is 1. The normalized spacial score (nSPS) is 16.4. The molecule has 1 heterocycles. The largest absolute Gasteiger partial charge is 0.573 e. The molecule has 9 heteroatoms. The maximum absolute atomic E-state index is 12.3. The second-order valence-electron chi connectivity index (χ2n) is 5.70. The summed E-state index contributed by atoms with van der Waals surface area (Å²) in [5, 5.41) is 3.25. The van der Waals surface area contributed by atoms with E-state index in [1.54, 1.807) is 12.1 Å². The highest BCUT2D eigenvalue weighted by atomic mass is 35.5. The first-order valence-electron chi connectivity index (χ1n) is 7.40. The maximum atomic E-state index is 12.3. The lowest BCUT2D eigenvalue weighted by Gasteiger charge is -2.35. The number of nitrogens with zero attached hydrogens (tertiary/aromatic N) is 1. The molecule has 0 saturated carbocycles. The highest BCUT2D eigenvalue weighted by Crippen LogP contribution is 2.35. The minimum absolute atomic E-state index is 0. The summed E-state index contributed by atoms with van der Waals surface area (Å²) < 4.78 is 40.9. The third-order valence-electron chi connectivity index (χ3n) is 3.70. The third-order valence-corrected chi connectivity index (χ3v) is 4.00. The minimum Gasteiger partial charge on any atom is -0.404 e. The molecule has 1 aromatic rings. The second kappa shape index (κ2) is 10.5. The predicted octanol–water partition coefficient (Wildman–Crippen LogP) is 4.99. The lowest BCUT2D eigenvalue weighted by molar-refractivity contribution is -0.274. The van der Waals surface area contributed by atoms with Crippen molar-refractivity contribution in [1.29, 1.82) is 0 Å². The van der Waals surface area contributed by atoms with Crippen molar-refractivity contribution in [2.75, 3.05) is 26.2 Å². The van der Waals surface area contributed by atoms with Gasteiger partial charge in [0.2, 0.25) is 0 Å². The van der Waals surface area contributed by atoms with Crippen molar-refractivity contribution in [3.63, 3.8) is 0 Å². The van der Waals surface area contributed by atoms with Gasteiger partial charge in [-0.2, -0.15) is 0 Å². The molecule has 25 heavy (non-hydrogen) atoms. The van der Waals surface area contributed by atoms with Gasteiger partial charge in [0.25, 0.3) is 0 Å². The Labute approximate surface area is 163 Å². The summed E-state index contributed by atoms with van der Waals surface area (Å²) in [4.78, 5) is 2.29. The lowest BCUT2D eigenvalue weighted by Crippen LogP contribution is -2.45. The lowest BCUT2D eigenvalue weighted by atomic mass is 9.98. The number of hydrogen-bond acceptors (Lipinski definition) is 3. The van der Waals surface area contributed by atoms with E-state index in [2.05, 4.69) is 21.5 Å². The van der Waals surface area contributed by atoms with Crippen LogP contribution in [0.1, 0.15) is 24.9 Å². The van der Waals surface area contributed by atoms with E-state index in [1.807, 2.05) is 6.92 Å². The number of hydrogen-bond donors (Lipinski definition) is 1. The van der Waals surface area contributed by atoms with Crippen LogP contribution < -0.4 is 10.1 Å². The monoisotopic (exact) mass is 420 g/mol. The minimum atomic E-state index is -4.75. The van der Waals surface area contributed by atoms with Crippen molar-refractivity contribution in [2.24, 2.45) is 0 Å². The molecule has 2 rings (SSSR count). The molecule has 3 nitrogen and oxygen atoms in total. The second-order valence-corrected chi connectivity index (χ2v) is 6.11. The zero-order valence-electron chi connectivity index (χ0n) is 13.7. The summed E-state index contributed by atoms with van der Waals surface area (Å²) in [7, 11) is 0. The Bertz CT molecular complexity index is 564. The van der Waals surface area contributed by atoms with Gasteiger partial charge in [0.15, 0.2) is 0 Å². The smallest absolute Gasteiger partial charge is 0.404 e. The average Bonchev–Trinajstić information content (AvgIpc) is 2.46. The highest BCUT2D eigenvalue weighted by molar-refractivity contribution is 6.32. The number of rotatable bonds is 5. The van der Waals surface area contributed by atoms with E-state index in [-0.39, 0.29) is 41.6 Å². The van der Waals surface area contributed by atoms with Gasteiger partial charge in [0, 0.05) is 32.2 Å². The number of alkyl halides is 3. The number of ether oxygens (including phenoxy) is 1. The van der Waals surface area contributed by atoms with E-state index in [0.717, 1.165) is 43.7 Å². The van der Waals surface area contributed by atoms with Gasteiger partial charge in [-0.15, -0.1) is 44.6 Å². The van der Waals surface area contributed by atoms with E-state index in [4.69, 9.17) is 11.6 Å². The fourth-order valence-electron chi connectivity index (χ4n) is 2.71. The molecule has 0 spiro atoms. The van der Waals surface area contributed by atoms with Crippen LogP contribution in [0.5, 0.6) is 5.75 Å². The molecule has 1 fully saturated rings. The van der Waals surface area contributed by atoms with Gasteiger partial charge in [0.05, 0.1) is 5.02 Å². The molecule has 1 aliphatic rings. The van der Waals surface area contributed by atoms with Crippen LogP contribution in [0.2, 0.25) is 5.02 Å². The zero-order valence-corrected chi connectivity index (χ0v) is 16.1. The SMILES string of the molecule is C=C(C)C[C@H](c1ccc(OC(F)(F)F)c(Cl)c1)N1CCNCC1.Cl.Cl. The fraction of sp³-hybridized carbons (Fsp3) is 0.500. The molecule has 0 radical (unpaired) electrons. The molecular formula is C16H22Cl3F3N2O. The summed E-state index contributed by atoms with van der Waals surface area (Å²) >= 11 is 5.98. The van der Waals surface area contributed by atoms with Gasteiger partial charge in [0.1, 0.15) is 5.75 Å². The van der Waals surface area contributed by atoms with Crippen molar-refractivity contribution in [2.45, 2.75) is 25.7 Å². The van der Waals surface area contributed by atoms with E-state index >= 15 is 0 Å². The molecule has 1 saturated heterocycles. The molecule has 0 amide bonds. The van der Waals surface area contributed by atoms with Gasteiger partial charge in [-0.1, -0.05) is 23.2 Å². The van der Waals surface area contributed by atoms with Crippen LogP contribution in [0.4, 0.5) is 13.2 Å². The van der Waals surface area contributed by atoms with Crippen molar-refractivity contribution in [3.05, 3.63) is 40.9 Å². The first-order chi connectivity index (χ1) is 10.8. The zero-order chi connectivity index (χ0) is 17.0. The van der Waals surface area contributed by atoms with E-state index in [1.165, 1.54) is 6.07 Å². The predicted molar refractivity (Wildman–Crippen MR) is 99.2 cm³/mol. The Morgan fingerprint density at radius 3 is 2.40 bits per heavy atom. The highest BCUT2D eigenvalue weighted by Gasteiger charge is 2.32. The molecule has 1 N–H and O–H groups in total. The third kappa shape index (κ3) is 7.62. The van der Waals surface area contributed by atoms with Gasteiger partial charge < -0.3 is 10.1 Å². The summed E-state index contributed by atoms with van der Waals surface area (Å²) in [6.45, 7) is 9.41. The first-order valence-corrected chi connectivity index (χ1v) is 7.78. The van der Waals surface area contributed by atoms with Crippen molar-refractivity contribution in [3.8, 4) is 5.75 Å². The van der Waals surface area contributed by atoms with Gasteiger partial charge in [-0.05, 0) is 31.0 Å². The Morgan fingerprint density at radius 1 is 1.32 bits per heavy atom. The molecule has 1 aliphatic heterocycles. The standard InChI is InChI=1S/C16H20ClF3N2O.2ClH/c1-11(2)9-14(22-7-5-21-6-8-22)12-3-4-15(13(17)10-12)23-16(18,19)20;;/h3-4,10,14,21H,1,5-9H2,2H3;2*1H/t14-;;/m1../s1. The van der Waals surface area contributed by atoms with E-state index < -0.39 is 6.36 Å². The van der Waals surface area contributed by atoms with Crippen LogP contribution in [0.3, 0.4) is 0 Å². The molecule has 1 aromatic carbocycles. The molecule has 0 bridgehead atoms. The van der Waals surface area contributed by atoms with Gasteiger partial charge >= 0.3 is 6.36 Å². The van der Waals surface area contributed by atoms with Crippen LogP contribution in [-0.2, 0) is 0 Å². The fourth-order valence-corrected chi connectivity index (χ4v) is 2.94. The quantitative estimate of drug-likeness (QED) is 0.678. The molecule has 0 aromatic heterocycles. The first kappa shape index (κ1) is 24.3. The van der Waals surface area contributed by atoms with E-state index in [0.29, 0.717) is 0 Å². The van der Waals surface area contributed by atoms with Crippen molar-refractivity contribution >= 4 is 36.4 Å². The molecule has 0 aliphatic carbocycles. The van der Waals surface area contributed by atoms with Gasteiger partial charge in [-0.25, -0.2) is 0 Å². The number of halogens is 6. The van der Waals surface area contributed by atoms with Crippen LogP contribution in [0, 0.1) is 0 Å². The average molecular weight is 422 g/mol. The number of piperazine rings is 1. The molecular weight excluding hydrogens is 400 g/mol. The van der Waals surface area contributed by atoms with Crippen LogP contribution in [-0.4, -0.2) is 37.4 Å². The molecule has 1 atom stereocenters. The van der Waals surface area contributed by atoms with Crippen LogP contribution in [0.15, 0.2) is 30.4 Å².